The third-order valence-electron chi connectivity index (χ3n) is 4.69. The molecule has 0 amide bonds. The maximum absolute atomic E-state index is 12.6. The van der Waals surface area contributed by atoms with Crippen molar-refractivity contribution < 1.29 is 23.7 Å². The number of fused-ring (bicyclic) bond motifs is 2. The number of hydrogen-bond acceptors (Lipinski definition) is 8. The van der Waals surface area contributed by atoms with Crippen molar-refractivity contribution in [3.63, 3.8) is 0 Å². The van der Waals surface area contributed by atoms with Crippen LogP contribution in [0.5, 0.6) is 23.0 Å². The lowest BCUT2D eigenvalue weighted by atomic mass is 10.1. The molecule has 0 unspecified atom stereocenters. The van der Waals surface area contributed by atoms with Crippen molar-refractivity contribution in [1.29, 1.82) is 0 Å². The first-order valence-electron chi connectivity index (χ1n) is 9.02. The summed E-state index contributed by atoms with van der Waals surface area (Å²) in [6.07, 6.45) is -0.360. The molecule has 0 saturated carbocycles. The Balaban J connectivity index is 1.26. The number of Topliss-reactive ketones (excluding diaryl/α,β-unsaturated/α-hetero) is 1. The van der Waals surface area contributed by atoms with Crippen LogP contribution in [0.25, 0.3) is 0 Å². The van der Waals surface area contributed by atoms with E-state index in [1.165, 1.54) is 11.8 Å². The van der Waals surface area contributed by atoms with Gasteiger partial charge in [-0.2, -0.15) is 0 Å². The molecule has 0 N–H and O–H groups in total. The molecule has 0 radical (unpaired) electrons. The summed E-state index contributed by atoms with van der Waals surface area (Å²) >= 11 is 1.33. The number of aromatic nitrogens is 3. The smallest absolute Gasteiger partial charge is 0.231 e. The zero-order valence-electron chi connectivity index (χ0n) is 15.5. The van der Waals surface area contributed by atoms with E-state index in [2.05, 4.69) is 10.2 Å². The zero-order valence-corrected chi connectivity index (χ0v) is 16.3. The largest absolute Gasteiger partial charge is 0.485 e. The van der Waals surface area contributed by atoms with Crippen molar-refractivity contribution in [2.24, 2.45) is 7.05 Å². The third kappa shape index (κ3) is 3.38. The van der Waals surface area contributed by atoms with Gasteiger partial charge in [0.05, 0.1) is 5.75 Å². The molecule has 0 bridgehead atoms. The quantitative estimate of drug-likeness (QED) is 0.468. The monoisotopic (exact) mass is 411 g/mol. The second kappa shape index (κ2) is 7.32. The van der Waals surface area contributed by atoms with Crippen molar-refractivity contribution in [2.45, 2.75) is 11.3 Å². The van der Waals surface area contributed by atoms with Gasteiger partial charge in [0.2, 0.25) is 6.79 Å². The number of benzene rings is 2. The number of ether oxygens (including phenoxy) is 4. The number of nitrogens with zero attached hydrogens (tertiary/aromatic N) is 3. The van der Waals surface area contributed by atoms with Gasteiger partial charge in [-0.25, -0.2) is 0 Å². The van der Waals surface area contributed by atoms with Crippen molar-refractivity contribution in [3.8, 4) is 23.0 Å². The van der Waals surface area contributed by atoms with E-state index in [-0.39, 0.29) is 24.4 Å². The van der Waals surface area contributed by atoms with Gasteiger partial charge in [0, 0.05) is 12.6 Å². The fourth-order valence-corrected chi connectivity index (χ4v) is 3.98. The first-order valence-corrected chi connectivity index (χ1v) is 10.0. The predicted octanol–water partition coefficient (Wildman–Crippen LogP) is 3.03. The number of carbonyl (C=O) groups is 1. The highest BCUT2D eigenvalue weighted by molar-refractivity contribution is 7.99. The van der Waals surface area contributed by atoms with E-state index in [4.69, 9.17) is 18.9 Å². The first-order chi connectivity index (χ1) is 14.2. The Kier molecular flexibility index (Phi) is 4.51. The Morgan fingerprint density at radius 3 is 2.76 bits per heavy atom. The summed E-state index contributed by atoms with van der Waals surface area (Å²) in [5.74, 6) is 3.51. The molecule has 3 heterocycles. The second-order valence-electron chi connectivity index (χ2n) is 6.54. The van der Waals surface area contributed by atoms with Gasteiger partial charge in [-0.3, -0.25) is 4.79 Å². The van der Waals surface area contributed by atoms with Gasteiger partial charge >= 0.3 is 0 Å². The SMILES string of the molecule is Cn1c(SCC(=O)c2ccc3c(c2)OCO3)nnc1[C@@H]1COc2ccccc2O1. The highest BCUT2D eigenvalue weighted by atomic mass is 32.2. The third-order valence-corrected chi connectivity index (χ3v) is 5.71. The van der Waals surface area contributed by atoms with Crippen LogP contribution in [0.4, 0.5) is 0 Å². The molecule has 5 rings (SSSR count). The molecule has 2 aliphatic heterocycles. The Morgan fingerprint density at radius 2 is 1.86 bits per heavy atom. The number of hydrogen-bond donors (Lipinski definition) is 0. The van der Waals surface area contributed by atoms with E-state index in [9.17, 15) is 4.79 Å². The minimum Gasteiger partial charge on any atom is -0.485 e. The summed E-state index contributed by atoms with van der Waals surface area (Å²) in [5, 5.41) is 9.10. The Bertz CT molecular complexity index is 1080. The van der Waals surface area contributed by atoms with Crippen LogP contribution in [0.2, 0.25) is 0 Å². The molecule has 1 aromatic heterocycles. The summed E-state index contributed by atoms with van der Waals surface area (Å²) in [6, 6.07) is 12.7. The van der Waals surface area contributed by atoms with Crippen LogP contribution in [0.3, 0.4) is 0 Å². The normalized spacial score (nSPS) is 16.7. The lowest BCUT2D eigenvalue weighted by molar-refractivity contribution is 0.0825. The van der Waals surface area contributed by atoms with E-state index in [1.54, 1.807) is 18.2 Å². The number of carbonyl (C=O) groups excluding carboxylic acids is 1. The molecule has 2 aromatic carbocycles. The summed E-state index contributed by atoms with van der Waals surface area (Å²) in [7, 11) is 1.85. The molecule has 9 heteroatoms. The fraction of sp³-hybridized carbons (Fsp3) is 0.250. The van der Waals surface area contributed by atoms with Crippen LogP contribution in [0, 0.1) is 0 Å². The number of thioether (sulfide) groups is 1. The van der Waals surface area contributed by atoms with Gasteiger partial charge in [-0.05, 0) is 30.3 Å². The molecular weight excluding hydrogens is 394 g/mol. The molecule has 0 saturated heterocycles. The van der Waals surface area contributed by atoms with E-state index < -0.39 is 0 Å². The van der Waals surface area contributed by atoms with Gasteiger partial charge in [0.1, 0.15) is 6.61 Å². The van der Waals surface area contributed by atoms with E-state index in [1.807, 2.05) is 35.9 Å². The zero-order chi connectivity index (χ0) is 19.8. The minimum atomic E-state index is -0.360. The minimum absolute atomic E-state index is 0.0240. The molecular formula is C20H17N3O5S. The van der Waals surface area contributed by atoms with Gasteiger partial charge in [-0.1, -0.05) is 23.9 Å². The van der Waals surface area contributed by atoms with Crippen molar-refractivity contribution in [1.82, 2.24) is 14.8 Å². The number of para-hydroxylation sites is 2. The van der Waals surface area contributed by atoms with Crippen molar-refractivity contribution in [2.75, 3.05) is 19.2 Å². The lowest BCUT2D eigenvalue weighted by Gasteiger charge is -2.25. The predicted molar refractivity (Wildman–Crippen MR) is 104 cm³/mol. The average molecular weight is 411 g/mol. The van der Waals surface area contributed by atoms with E-state index in [0.29, 0.717) is 40.4 Å². The highest BCUT2D eigenvalue weighted by Gasteiger charge is 2.27. The van der Waals surface area contributed by atoms with Gasteiger partial charge in [0.25, 0.3) is 0 Å². The molecule has 148 valence electrons. The summed E-state index contributed by atoms with van der Waals surface area (Å²) in [6.45, 7) is 0.532. The Labute approximate surface area is 170 Å². The van der Waals surface area contributed by atoms with Gasteiger partial charge in [0.15, 0.2) is 45.9 Å². The number of ketones is 1. The maximum atomic E-state index is 12.6. The Hall–Kier alpha value is -3.20. The van der Waals surface area contributed by atoms with E-state index >= 15 is 0 Å². The van der Waals surface area contributed by atoms with Gasteiger partial charge in [-0.15, -0.1) is 10.2 Å². The van der Waals surface area contributed by atoms with Crippen molar-refractivity contribution in [3.05, 3.63) is 53.9 Å². The summed E-state index contributed by atoms with van der Waals surface area (Å²) < 4.78 is 24.2. The van der Waals surface area contributed by atoms with Gasteiger partial charge < -0.3 is 23.5 Å². The van der Waals surface area contributed by atoms with Crippen LogP contribution < -0.4 is 18.9 Å². The maximum Gasteiger partial charge on any atom is 0.231 e. The molecule has 8 nitrogen and oxygen atoms in total. The second-order valence-corrected chi connectivity index (χ2v) is 7.49. The lowest BCUT2D eigenvalue weighted by Crippen LogP contribution is -2.24. The molecule has 0 aliphatic carbocycles. The van der Waals surface area contributed by atoms with Crippen LogP contribution >= 0.6 is 11.8 Å². The molecule has 3 aromatic rings. The molecule has 2 aliphatic rings. The molecule has 0 fully saturated rings. The van der Waals surface area contributed by atoms with Crippen LogP contribution in [-0.2, 0) is 7.05 Å². The molecule has 0 spiro atoms. The van der Waals surface area contributed by atoms with Crippen LogP contribution in [0.15, 0.2) is 47.6 Å². The topological polar surface area (TPSA) is 84.7 Å². The fourth-order valence-electron chi connectivity index (χ4n) is 3.16. The van der Waals surface area contributed by atoms with Crippen LogP contribution in [-0.4, -0.2) is 39.7 Å². The van der Waals surface area contributed by atoms with Crippen LogP contribution in [0.1, 0.15) is 22.3 Å². The summed E-state index contributed by atoms with van der Waals surface area (Å²) in [5.41, 5.74) is 0.574. The standard InChI is InChI=1S/C20H17N3O5S/c1-23-19(18-9-25-14-4-2-3-5-16(14)28-18)21-22-20(23)29-10-13(24)12-6-7-15-17(8-12)27-11-26-15/h2-8,18H,9-11H2,1H3/t18-/m0/s1. The van der Waals surface area contributed by atoms with Crippen molar-refractivity contribution >= 4 is 17.5 Å². The molecule has 1 atom stereocenters. The van der Waals surface area contributed by atoms with E-state index in [0.717, 1.165) is 5.75 Å². The molecule has 29 heavy (non-hydrogen) atoms. The summed E-state index contributed by atoms with van der Waals surface area (Å²) in [4.78, 5) is 12.6. The first kappa shape index (κ1) is 17.9. The average Bonchev–Trinajstić information content (AvgIpc) is 3.37. The highest BCUT2D eigenvalue weighted by Crippen LogP contribution is 2.36. The number of rotatable bonds is 5. The Morgan fingerprint density at radius 1 is 1.07 bits per heavy atom.